The monoisotopic (exact) mass is 271 g/mol. The minimum Gasteiger partial charge on any atom is -0.396 e. The number of aliphatic hydroxyl groups excluding tert-OH is 1. The number of benzene rings is 1. The third-order valence-corrected chi connectivity index (χ3v) is 3.82. The van der Waals surface area contributed by atoms with E-state index < -0.39 is 0 Å². The van der Waals surface area contributed by atoms with Crippen LogP contribution >= 0.6 is 0 Å². The van der Waals surface area contributed by atoms with E-state index in [0.29, 0.717) is 12.2 Å². The van der Waals surface area contributed by atoms with E-state index >= 15 is 0 Å². The van der Waals surface area contributed by atoms with Crippen molar-refractivity contribution in [1.29, 1.82) is 0 Å². The zero-order chi connectivity index (χ0) is 14.0. The van der Waals surface area contributed by atoms with Crippen LogP contribution in [0.3, 0.4) is 0 Å². The highest BCUT2D eigenvalue weighted by Gasteiger charge is 2.42. The zero-order valence-electron chi connectivity index (χ0n) is 11.1. The van der Waals surface area contributed by atoms with E-state index in [2.05, 4.69) is 10.3 Å². The van der Waals surface area contributed by atoms with Crippen molar-refractivity contribution >= 4 is 5.91 Å². The van der Waals surface area contributed by atoms with E-state index in [4.69, 9.17) is 0 Å². The number of aliphatic hydroxyl groups is 1. The van der Waals surface area contributed by atoms with Crippen LogP contribution in [0.2, 0.25) is 0 Å². The quantitative estimate of drug-likeness (QED) is 0.863. The molecule has 0 atom stereocenters. The minimum atomic E-state index is -0.161. The van der Waals surface area contributed by atoms with Gasteiger partial charge in [-0.15, -0.1) is 0 Å². The van der Waals surface area contributed by atoms with Crippen molar-refractivity contribution in [2.24, 2.45) is 5.41 Å². The van der Waals surface area contributed by atoms with Crippen molar-refractivity contribution in [3.63, 3.8) is 0 Å². The molecular weight excluding hydrogens is 254 g/mol. The maximum Gasteiger partial charge on any atom is 0.269 e. The van der Waals surface area contributed by atoms with Crippen molar-refractivity contribution < 1.29 is 9.90 Å². The van der Waals surface area contributed by atoms with Gasteiger partial charge in [-0.25, -0.2) is 4.98 Å². The van der Waals surface area contributed by atoms with Crippen molar-refractivity contribution in [1.82, 2.24) is 14.9 Å². The summed E-state index contributed by atoms with van der Waals surface area (Å²) >= 11 is 0. The SMILES string of the molecule is O=C(NCC1(CO)CC1)c1cncn1-c1ccccc1. The van der Waals surface area contributed by atoms with Crippen LogP contribution in [-0.4, -0.2) is 33.7 Å². The molecular formula is C15H17N3O2. The Labute approximate surface area is 117 Å². The third kappa shape index (κ3) is 2.44. The molecule has 1 heterocycles. The highest BCUT2D eigenvalue weighted by atomic mass is 16.3. The molecule has 1 aromatic carbocycles. The Morgan fingerprint density at radius 2 is 2.10 bits per heavy atom. The molecule has 2 N–H and O–H groups in total. The summed E-state index contributed by atoms with van der Waals surface area (Å²) in [6.07, 6.45) is 5.13. The van der Waals surface area contributed by atoms with E-state index in [1.807, 2.05) is 30.3 Å². The van der Waals surface area contributed by atoms with Gasteiger partial charge in [-0.3, -0.25) is 9.36 Å². The first-order chi connectivity index (χ1) is 9.74. The Morgan fingerprint density at radius 1 is 1.35 bits per heavy atom. The van der Waals surface area contributed by atoms with Crippen LogP contribution in [0.1, 0.15) is 23.3 Å². The lowest BCUT2D eigenvalue weighted by Crippen LogP contribution is -2.32. The molecule has 1 amide bonds. The normalized spacial score (nSPS) is 15.8. The van der Waals surface area contributed by atoms with Gasteiger partial charge < -0.3 is 10.4 Å². The zero-order valence-corrected chi connectivity index (χ0v) is 11.1. The second-order valence-corrected chi connectivity index (χ2v) is 5.33. The fourth-order valence-corrected chi connectivity index (χ4v) is 2.18. The molecule has 1 aromatic heterocycles. The van der Waals surface area contributed by atoms with Gasteiger partial charge in [0.15, 0.2) is 0 Å². The summed E-state index contributed by atoms with van der Waals surface area (Å²) in [5.41, 5.74) is 1.32. The summed E-state index contributed by atoms with van der Waals surface area (Å²) in [6.45, 7) is 0.646. The average Bonchev–Trinajstić information content (AvgIpc) is 3.12. The van der Waals surface area contributed by atoms with Crippen molar-refractivity contribution in [2.75, 3.05) is 13.2 Å². The predicted octanol–water partition coefficient (Wildman–Crippen LogP) is 1.37. The van der Waals surface area contributed by atoms with Crippen LogP contribution in [0, 0.1) is 5.41 Å². The van der Waals surface area contributed by atoms with Crippen molar-refractivity contribution in [2.45, 2.75) is 12.8 Å². The maximum absolute atomic E-state index is 12.2. The molecule has 1 saturated carbocycles. The number of amides is 1. The van der Waals surface area contributed by atoms with Gasteiger partial charge in [-0.05, 0) is 25.0 Å². The van der Waals surface area contributed by atoms with E-state index in [9.17, 15) is 9.90 Å². The standard InChI is InChI=1S/C15H17N3O2/c19-10-15(6-7-15)9-17-14(20)13-8-16-11-18(13)12-4-2-1-3-5-12/h1-5,8,11,19H,6-7,9-10H2,(H,17,20). The molecule has 0 saturated heterocycles. The Morgan fingerprint density at radius 3 is 2.75 bits per heavy atom. The predicted molar refractivity (Wildman–Crippen MR) is 74.7 cm³/mol. The first-order valence-electron chi connectivity index (χ1n) is 6.71. The Hall–Kier alpha value is -2.14. The number of rotatable bonds is 5. The maximum atomic E-state index is 12.2. The molecule has 0 spiro atoms. The molecule has 2 aromatic rings. The molecule has 5 nitrogen and oxygen atoms in total. The van der Waals surface area contributed by atoms with Crippen LogP contribution in [0.4, 0.5) is 0 Å². The molecule has 0 radical (unpaired) electrons. The largest absolute Gasteiger partial charge is 0.396 e. The summed E-state index contributed by atoms with van der Waals surface area (Å²) in [4.78, 5) is 16.3. The van der Waals surface area contributed by atoms with Gasteiger partial charge in [-0.2, -0.15) is 0 Å². The number of aromatic nitrogens is 2. The van der Waals surface area contributed by atoms with E-state index in [0.717, 1.165) is 18.5 Å². The molecule has 0 aliphatic heterocycles. The fourth-order valence-electron chi connectivity index (χ4n) is 2.18. The van der Waals surface area contributed by atoms with E-state index in [1.165, 1.54) is 0 Å². The number of para-hydroxylation sites is 1. The number of carbonyl (C=O) groups is 1. The average molecular weight is 271 g/mol. The van der Waals surface area contributed by atoms with Gasteiger partial charge in [-0.1, -0.05) is 18.2 Å². The molecule has 0 unspecified atom stereocenters. The van der Waals surface area contributed by atoms with Crippen LogP contribution in [0.5, 0.6) is 0 Å². The Kier molecular flexibility index (Phi) is 3.28. The van der Waals surface area contributed by atoms with Crippen LogP contribution in [0.25, 0.3) is 5.69 Å². The second kappa shape index (κ2) is 5.09. The molecule has 1 aliphatic carbocycles. The second-order valence-electron chi connectivity index (χ2n) is 5.33. The molecule has 0 bridgehead atoms. The lowest BCUT2D eigenvalue weighted by atomic mass is 10.1. The topological polar surface area (TPSA) is 67.2 Å². The van der Waals surface area contributed by atoms with Crippen LogP contribution in [0.15, 0.2) is 42.9 Å². The summed E-state index contributed by atoms with van der Waals surface area (Å²) in [7, 11) is 0. The molecule has 20 heavy (non-hydrogen) atoms. The van der Waals surface area contributed by atoms with Gasteiger partial charge in [0.05, 0.1) is 19.1 Å². The van der Waals surface area contributed by atoms with E-state index in [-0.39, 0.29) is 17.9 Å². The van der Waals surface area contributed by atoms with Crippen LogP contribution in [-0.2, 0) is 0 Å². The smallest absolute Gasteiger partial charge is 0.269 e. The first-order valence-corrected chi connectivity index (χ1v) is 6.71. The number of carbonyl (C=O) groups excluding carboxylic acids is 1. The van der Waals surface area contributed by atoms with Crippen LogP contribution < -0.4 is 5.32 Å². The van der Waals surface area contributed by atoms with Crippen molar-refractivity contribution in [3.05, 3.63) is 48.5 Å². The molecule has 3 rings (SSSR count). The molecule has 1 fully saturated rings. The van der Waals surface area contributed by atoms with Gasteiger partial charge in [0.25, 0.3) is 5.91 Å². The molecule has 1 aliphatic rings. The highest BCUT2D eigenvalue weighted by molar-refractivity contribution is 5.93. The van der Waals surface area contributed by atoms with E-state index in [1.54, 1.807) is 17.1 Å². The molecule has 104 valence electrons. The van der Waals surface area contributed by atoms with Gasteiger partial charge in [0, 0.05) is 17.6 Å². The fraction of sp³-hybridized carbons (Fsp3) is 0.333. The lowest BCUT2D eigenvalue weighted by molar-refractivity contribution is 0.0928. The number of nitrogens with zero attached hydrogens (tertiary/aromatic N) is 2. The first kappa shape index (κ1) is 12.9. The Bertz CT molecular complexity index is 603. The van der Waals surface area contributed by atoms with Gasteiger partial charge in [0.1, 0.15) is 5.69 Å². The van der Waals surface area contributed by atoms with Gasteiger partial charge >= 0.3 is 0 Å². The van der Waals surface area contributed by atoms with Crippen molar-refractivity contribution in [3.8, 4) is 5.69 Å². The number of imidazole rings is 1. The summed E-state index contributed by atoms with van der Waals surface area (Å²) in [5, 5.41) is 12.2. The summed E-state index contributed by atoms with van der Waals surface area (Å²) < 4.78 is 1.76. The number of nitrogens with one attached hydrogen (secondary N) is 1. The minimum absolute atomic E-state index is 0.0900. The number of hydrogen-bond donors (Lipinski definition) is 2. The highest BCUT2D eigenvalue weighted by Crippen LogP contribution is 2.44. The lowest BCUT2D eigenvalue weighted by Gasteiger charge is -2.13. The van der Waals surface area contributed by atoms with Gasteiger partial charge in [0.2, 0.25) is 0 Å². The summed E-state index contributed by atoms with van der Waals surface area (Å²) in [5.74, 6) is -0.161. The number of hydrogen-bond acceptors (Lipinski definition) is 3. The Balaban J connectivity index is 1.74. The summed E-state index contributed by atoms with van der Waals surface area (Å²) in [6, 6.07) is 9.62. The molecule has 5 heteroatoms. The third-order valence-electron chi connectivity index (χ3n) is 3.82.